The summed E-state index contributed by atoms with van der Waals surface area (Å²) in [6.45, 7) is 6.28. The third-order valence-electron chi connectivity index (χ3n) is 5.06. The van der Waals surface area contributed by atoms with Crippen LogP contribution in [0.4, 0.5) is 0 Å². The molecular weight excluding hydrogens is 376 g/mol. The molecule has 0 radical (unpaired) electrons. The number of rotatable bonds is 7. The molecule has 28 heavy (non-hydrogen) atoms. The van der Waals surface area contributed by atoms with Gasteiger partial charge in [-0.3, -0.25) is 9.48 Å². The van der Waals surface area contributed by atoms with Crippen molar-refractivity contribution >= 4 is 15.9 Å². The number of hydrogen-bond donors (Lipinski definition) is 0. The molecular formula is C20H28N4O3S. The lowest BCUT2D eigenvalue weighted by Crippen LogP contribution is -2.33. The van der Waals surface area contributed by atoms with Gasteiger partial charge in [-0.25, -0.2) is 8.42 Å². The fraction of sp³-hybridized carbons (Fsp3) is 0.500. The monoisotopic (exact) mass is 404 g/mol. The summed E-state index contributed by atoms with van der Waals surface area (Å²) >= 11 is 0. The van der Waals surface area contributed by atoms with Crippen LogP contribution in [0.15, 0.2) is 29.2 Å². The minimum absolute atomic E-state index is 0.0681. The van der Waals surface area contributed by atoms with Gasteiger partial charge in [-0.05, 0) is 44.4 Å². The minimum Gasteiger partial charge on any atom is -0.345 e. The Morgan fingerprint density at radius 3 is 2.50 bits per heavy atom. The zero-order valence-corrected chi connectivity index (χ0v) is 18.0. The number of amides is 1. The van der Waals surface area contributed by atoms with E-state index in [1.807, 2.05) is 25.1 Å². The van der Waals surface area contributed by atoms with Crippen LogP contribution in [-0.4, -0.2) is 60.0 Å². The standard InChI is InChI=1S/C20H28N4O3S/c1-6-24(18-10-11-18)28(26,27)19-14(2)21-23(15(19)3)13-16-8-7-9-17(12-16)20(25)22(4)5/h7-9,12,18H,6,10-11,13H2,1-5H3. The Hall–Kier alpha value is -2.19. The van der Waals surface area contributed by atoms with Gasteiger partial charge in [0.15, 0.2) is 0 Å². The maximum absolute atomic E-state index is 13.2. The quantitative estimate of drug-likeness (QED) is 0.710. The van der Waals surface area contributed by atoms with Crippen LogP contribution in [0.3, 0.4) is 0 Å². The summed E-state index contributed by atoms with van der Waals surface area (Å²) in [6, 6.07) is 7.47. The first-order valence-electron chi connectivity index (χ1n) is 9.53. The molecule has 7 nitrogen and oxygen atoms in total. The molecule has 1 heterocycles. The number of hydrogen-bond acceptors (Lipinski definition) is 4. The van der Waals surface area contributed by atoms with E-state index in [0.29, 0.717) is 34.9 Å². The topological polar surface area (TPSA) is 75.5 Å². The van der Waals surface area contributed by atoms with Crippen LogP contribution >= 0.6 is 0 Å². The summed E-state index contributed by atoms with van der Waals surface area (Å²) in [5, 5.41) is 4.49. The van der Waals surface area contributed by atoms with Crippen molar-refractivity contribution in [2.24, 2.45) is 0 Å². The molecule has 1 aromatic heterocycles. The summed E-state index contributed by atoms with van der Waals surface area (Å²) < 4.78 is 29.7. The van der Waals surface area contributed by atoms with E-state index in [1.54, 1.807) is 43.0 Å². The second kappa shape index (κ2) is 7.67. The largest absolute Gasteiger partial charge is 0.345 e. The SMILES string of the molecule is CCN(C1CC1)S(=O)(=O)c1c(C)nn(Cc2cccc(C(=O)N(C)C)c2)c1C. The Labute approximate surface area is 167 Å². The highest BCUT2D eigenvalue weighted by molar-refractivity contribution is 7.89. The van der Waals surface area contributed by atoms with E-state index in [-0.39, 0.29) is 11.9 Å². The molecule has 8 heteroatoms. The van der Waals surface area contributed by atoms with Crippen molar-refractivity contribution < 1.29 is 13.2 Å². The van der Waals surface area contributed by atoms with E-state index in [9.17, 15) is 13.2 Å². The first-order chi connectivity index (χ1) is 13.2. The molecule has 0 atom stereocenters. The summed E-state index contributed by atoms with van der Waals surface area (Å²) in [5.74, 6) is -0.0681. The first kappa shape index (κ1) is 20.5. The molecule has 1 amide bonds. The van der Waals surface area contributed by atoms with Gasteiger partial charge in [0.2, 0.25) is 10.0 Å². The van der Waals surface area contributed by atoms with E-state index in [4.69, 9.17) is 0 Å². The van der Waals surface area contributed by atoms with Crippen LogP contribution in [0.1, 0.15) is 47.1 Å². The highest BCUT2D eigenvalue weighted by Gasteiger charge is 2.39. The first-order valence-corrected chi connectivity index (χ1v) is 11.0. The molecule has 1 aliphatic carbocycles. The number of sulfonamides is 1. The van der Waals surface area contributed by atoms with Crippen LogP contribution in [-0.2, 0) is 16.6 Å². The number of aryl methyl sites for hydroxylation is 1. The molecule has 0 spiro atoms. The molecule has 0 saturated heterocycles. The normalized spacial score (nSPS) is 14.5. The predicted octanol–water partition coefficient (Wildman–Crippen LogP) is 2.42. The number of benzene rings is 1. The predicted molar refractivity (Wildman–Crippen MR) is 108 cm³/mol. The summed E-state index contributed by atoms with van der Waals surface area (Å²) in [4.78, 5) is 14.0. The molecule has 2 aromatic rings. The van der Waals surface area contributed by atoms with Gasteiger partial charge in [0.05, 0.1) is 17.9 Å². The van der Waals surface area contributed by atoms with Gasteiger partial charge in [0.1, 0.15) is 4.90 Å². The van der Waals surface area contributed by atoms with Gasteiger partial charge >= 0.3 is 0 Å². The third-order valence-corrected chi connectivity index (χ3v) is 7.34. The Bertz CT molecular complexity index is 991. The van der Waals surface area contributed by atoms with Crippen molar-refractivity contribution in [3.8, 4) is 0 Å². The maximum Gasteiger partial charge on any atom is 0.253 e. The maximum atomic E-state index is 13.2. The summed E-state index contributed by atoms with van der Waals surface area (Å²) in [6.07, 6.45) is 1.85. The van der Waals surface area contributed by atoms with Crippen LogP contribution < -0.4 is 0 Å². The summed E-state index contributed by atoms with van der Waals surface area (Å²) in [7, 11) is -0.135. The molecule has 0 aliphatic heterocycles. The van der Waals surface area contributed by atoms with Gasteiger partial charge in [-0.1, -0.05) is 19.1 Å². The smallest absolute Gasteiger partial charge is 0.253 e. The average Bonchev–Trinajstić information content (AvgIpc) is 3.41. The van der Waals surface area contributed by atoms with Crippen LogP contribution in [0.5, 0.6) is 0 Å². The molecule has 1 saturated carbocycles. The van der Waals surface area contributed by atoms with Crippen LogP contribution in [0, 0.1) is 13.8 Å². The number of carbonyl (C=O) groups excluding carboxylic acids is 1. The molecule has 1 aliphatic rings. The van der Waals surface area contributed by atoms with Gasteiger partial charge in [-0.2, -0.15) is 9.40 Å². The van der Waals surface area contributed by atoms with E-state index in [0.717, 1.165) is 18.4 Å². The number of nitrogens with zero attached hydrogens (tertiary/aromatic N) is 4. The van der Waals surface area contributed by atoms with Crippen molar-refractivity contribution in [3.63, 3.8) is 0 Å². The Morgan fingerprint density at radius 1 is 1.25 bits per heavy atom. The highest BCUT2D eigenvalue weighted by Crippen LogP contribution is 2.33. The average molecular weight is 405 g/mol. The zero-order chi connectivity index (χ0) is 20.6. The minimum atomic E-state index is -3.56. The van der Waals surface area contributed by atoms with Crippen molar-refractivity contribution in [1.29, 1.82) is 0 Å². The molecule has 0 bridgehead atoms. The second-order valence-electron chi connectivity index (χ2n) is 7.50. The summed E-state index contributed by atoms with van der Waals surface area (Å²) in [5.41, 5.74) is 2.64. The van der Waals surface area contributed by atoms with Crippen molar-refractivity contribution in [2.75, 3.05) is 20.6 Å². The number of aromatic nitrogens is 2. The van der Waals surface area contributed by atoms with Crippen LogP contribution in [0.25, 0.3) is 0 Å². The molecule has 3 rings (SSSR count). The van der Waals surface area contributed by atoms with E-state index in [1.165, 1.54) is 4.90 Å². The van der Waals surface area contributed by atoms with Crippen LogP contribution in [0.2, 0.25) is 0 Å². The third kappa shape index (κ3) is 3.84. The highest BCUT2D eigenvalue weighted by atomic mass is 32.2. The lowest BCUT2D eigenvalue weighted by atomic mass is 10.1. The number of carbonyl (C=O) groups is 1. The molecule has 152 valence electrons. The van der Waals surface area contributed by atoms with E-state index < -0.39 is 10.0 Å². The van der Waals surface area contributed by atoms with Crippen molar-refractivity contribution in [3.05, 3.63) is 46.8 Å². The lowest BCUT2D eigenvalue weighted by molar-refractivity contribution is 0.0827. The van der Waals surface area contributed by atoms with Crippen molar-refractivity contribution in [2.45, 2.75) is 51.1 Å². The van der Waals surface area contributed by atoms with E-state index in [2.05, 4.69) is 5.10 Å². The second-order valence-corrected chi connectivity index (χ2v) is 9.32. The molecule has 1 fully saturated rings. The van der Waals surface area contributed by atoms with Gasteiger partial charge in [-0.15, -0.1) is 0 Å². The molecule has 0 unspecified atom stereocenters. The Kier molecular flexibility index (Phi) is 5.63. The van der Waals surface area contributed by atoms with Gasteiger partial charge < -0.3 is 4.90 Å². The zero-order valence-electron chi connectivity index (χ0n) is 17.1. The lowest BCUT2D eigenvalue weighted by Gasteiger charge is -2.20. The fourth-order valence-corrected chi connectivity index (χ4v) is 5.62. The van der Waals surface area contributed by atoms with Gasteiger partial charge in [0, 0.05) is 32.2 Å². The van der Waals surface area contributed by atoms with Crippen molar-refractivity contribution in [1.82, 2.24) is 19.0 Å². The van der Waals surface area contributed by atoms with E-state index >= 15 is 0 Å². The fourth-order valence-electron chi connectivity index (χ4n) is 3.55. The Morgan fingerprint density at radius 2 is 1.93 bits per heavy atom. The van der Waals surface area contributed by atoms with Gasteiger partial charge in [0.25, 0.3) is 5.91 Å². The molecule has 1 aromatic carbocycles. The Balaban J connectivity index is 1.93. The molecule has 0 N–H and O–H groups in total.